The molecule has 1 aromatic carbocycles. The molecule has 4 nitrogen and oxygen atoms in total. The molecule has 0 saturated carbocycles. The lowest BCUT2D eigenvalue weighted by atomic mass is 10.1. The first-order chi connectivity index (χ1) is 11.5. The highest BCUT2D eigenvalue weighted by molar-refractivity contribution is 7.80. The van der Waals surface area contributed by atoms with Crippen molar-refractivity contribution in [3.8, 4) is 0 Å². The Morgan fingerprint density at radius 1 is 1.21 bits per heavy atom. The molecule has 7 heteroatoms. The molecule has 0 aliphatic rings. The summed E-state index contributed by atoms with van der Waals surface area (Å²) in [5.41, 5.74) is 6.35. The SMILES string of the molecule is Cc1ccc(/C=C/C(=O)NNC(=S)NCCc2ccc(Cl)cc2)s1. The van der Waals surface area contributed by atoms with Crippen molar-refractivity contribution in [2.45, 2.75) is 13.3 Å². The van der Waals surface area contributed by atoms with Gasteiger partial charge in [-0.25, -0.2) is 0 Å². The van der Waals surface area contributed by atoms with Gasteiger partial charge in [0.05, 0.1) is 0 Å². The van der Waals surface area contributed by atoms with Gasteiger partial charge in [0.1, 0.15) is 0 Å². The Balaban J connectivity index is 1.64. The molecule has 0 atom stereocenters. The number of nitrogens with one attached hydrogen (secondary N) is 3. The molecule has 0 unspecified atom stereocenters. The van der Waals surface area contributed by atoms with Gasteiger partial charge >= 0.3 is 0 Å². The topological polar surface area (TPSA) is 53.2 Å². The summed E-state index contributed by atoms with van der Waals surface area (Å²) in [6.07, 6.45) is 4.05. The number of thiophene rings is 1. The molecule has 126 valence electrons. The molecule has 1 aromatic heterocycles. The van der Waals surface area contributed by atoms with Crippen molar-refractivity contribution in [1.82, 2.24) is 16.2 Å². The molecule has 0 aliphatic heterocycles. The van der Waals surface area contributed by atoms with E-state index in [1.807, 2.05) is 43.3 Å². The van der Waals surface area contributed by atoms with E-state index in [0.717, 1.165) is 21.9 Å². The molecular formula is C17H18ClN3OS2. The number of aryl methyl sites for hydroxylation is 1. The minimum Gasteiger partial charge on any atom is -0.361 e. The monoisotopic (exact) mass is 379 g/mol. The highest BCUT2D eigenvalue weighted by Crippen LogP contribution is 2.16. The standard InChI is InChI=1S/C17H18ClN3OS2/c1-12-2-7-15(24-12)8-9-16(22)20-21-17(23)19-11-10-13-3-5-14(18)6-4-13/h2-9H,10-11H2,1H3,(H,20,22)(H2,19,21,23)/b9-8+. The van der Waals surface area contributed by atoms with Crippen LogP contribution in [0.15, 0.2) is 42.5 Å². The number of carbonyl (C=O) groups is 1. The largest absolute Gasteiger partial charge is 0.361 e. The summed E-state index contributed by atoms with van der Waals surface area (Å²) in [6, 6.07) is 11.6. The van der Waals surface area contributed by atoms with Crippen LogP contribution in [-0.4, -0.2) is 17.6 Å². The van der Waals surface area contributed by atoms with E-state index in [9.17, 15) is 4.79 Å². The van der Waals surface area contributed by atoms with E-state index in [4.69, 9.17) is 23.8 Å². The van der Waals surface area contributed by atoms with Crippen molar-refractivity contribution >= 4 is 52.3 Å². The lowest BCUT2D eigenvalue weighted by Gasteiger charge is -2.10. The van der Waals surface area contributed by atoms with Crippen molar-refractivity contribution in [2.24, 2.45) is 0 Å². The van der Waals surface area contributed by atoms with Crippen LogP contribution in [-0.2, 0) is 11.2 Å². The third kappa shape index (κ3) is 6.70. The van der Waals surface area contributed by atoms with Gasteiger partial charge in [-0.3, -0.25) is 15.6 Å². The van der Waals surface area contributed by atoms with Gasteiger partial charge < -0.3 is 5.32 Å². The zero-order chi connectivity index (χ0) is 17.4. The van der Waals surface area contributed by atoms with Gasteiger partial charge in [-0.1, -0.05) is 23.7 Å². The van der Waals surface area contributed by atoms with Crippen molar-refractivity contribution in [2.75, 3.05) is 6.54 Å². The number of thiocarbonyl (C=S) groups is 1. The Kier molecular flexibility index (Phi) is 7.24. The molecule has 0 radical (unpaired) electrons. The first kappa shape index (κ1) is 18.4. The number of hydrogen-bond donors (Lipinski definition) is 3. The van der Waals surface area contributed by atoms with Crippen LogP contribution in [0.5, 0.6) is 0 Å². The van der Waals surface area contributed by atoms with E-state index in [1.54, 1.807) is 17.4 Å². The van der Waals surface area contributed by atoms with E-state index >= 15 is 0 Å². The summed E-state index contributed by atoms with van der Waals surface area (Å²) in [5.74, 6) is -0.261. The Labute approximate surface area is 155 Å². The zero-order valence-electron chi connectivity index (χ0n) is 13.1. The molecule has 0 fully saturated rings. The highest BCUT2D eigenvalue weighted by Gasteiger charge is 1.99. The second-order valence-corrected chi connectivity index (χ2v) is 7.19. The maximum absolute atomic E-state index is 11.7. The molecule has 0 bridgehead atoms. The van der Waals surface area contributed by atoms with Gasteiger partial charge in [-0.2, -0.15) is 0 Å². The Morgan fingerprint density at radius 3 is 2.62 bits per heavy atom. The normalized spacial score (nSPS) is 10.6. The summed E-state index contributed by atoms with van der Waals surface area (Å²) in [6.45, 7) is 2.69. The Hall–Kier alpha value is -1.89. The molecule has 24 heavy (non-hydrogen) atoms. The lowest BCUT2D eigenvalue weighted by Crippen LogP contribution is -2.46. The van der Waals surface area contributed by atoms with Gasteiger partial charge in [-0.05, 0) is 61.5 Å². The molecule has 1 heterocycles. The predicted octanol–water partition coefficient (Wildman–Crippen LogP) is 3.46. The third-order valence-corrected chi connectivity index (χ3v) is 4.54. The summed E-state index contributed by atoms with van der Waals surface area (Å²) >= 11 is 12.6. The van der Waals surface area contributed by atoms with Gasteiger partial charge in [0, 0.05) is 27.4 Å². The summed E-state index contributed by atoms with van der Waals surface area (Å²) < 4.78 is 0. The molecule has 0 saturated heterocycles. The molecule has 1 amide bonds. The molecular weight excluding hydrogens is 362 g/mol. The number of benzene rings is 1. The summed E-state index contributed by atoms with van der Waals surface area (Å²) in [4.78, 5) is 13.9. The zero-order valence-corrected chi connectivity index (χ0v) is 15.5. The maximum Gasteiger partial charge on any atom is 0.262 e. The first-order valence-electron chi connectivity index (χ1n) is 7.36. The van der Waals surface area contributed by atoms with Crippen LogP contribution in [0.25, 0.3) is 6.08 Å². The van der Waals surface area contributed by atoms with Crippen molar-refractivity contribution in [3.63, 3.8) is 0 Å². The van der Waals surface area contributed by atoms with Crippen LogP contribution in [0.2, 0.25) is 5.02 Å². The fourth-order valence-corrected chi connectivity index (χ4v) is 2.94. The number of rotatable bonds is 5. The quantitative estimate of drug-likeness (QED) is 0.423. The van der Waals surface area contributed by atoms with Crippen LogP contribution in [0.1, 0.15) is 15.3 Å². The highest BCUT2D eigenvalue weighted by atomic mass is 35.5. The van der Waals surface area contributed by atoms with Crippen LogP contribution < -0.4 is 16.2 Å². The van der Waals surface area contributed by atoms with Crippen LogP contribution in [0.3, 0.4) is 0 Å². The number of halogens is 1. The van der Waals surface area contributed by atoms with E-state index in [2.05, 4.69) is 16.2 Å². The molecule has 3 N–H and O–H groups in total. The molecule has 0 spiro atoms. The predicted molar refractivity (Wildman–Crippen MR) is 105 cm³/mol. The average molecular weight is 380 g/mol. The summed E-state index contributed by atoms with van der Waals surface area (Å²) in [5, 5.41) is 4.12. The average Bonchev–Trinajstić information content (AvgIpc) is 2.98. The van der Waals surface area contributed by atoms with E-state index < -0.39 is 0 Å². The fourth-order valence-electron chi connectivity index (χ4n) is 1.88. The number of hydrogen-bond acceptors (Lipinski definition) is 3. The number of hydrazine groups is 1. The maximum atomic E-state index is 11.7. The number of carbonyl (C=O) groups excluding carboxylic acids is 1. The van der Waals surface area contributed by atoms with Crippen LogP contribution in [0, 0.1) is 6.92 Å². The van der Waals surface area contributed by atoms with E-state index in [0.29, 0.717) is 11.7 Å². The van der Waals surface area contributed by atoms with Gasteiger partial charge in [0.25, 0.3) is 5.91 Å². The summed E-state index contributed by atoms with van der Waals surface area (Å²) in [7, 11) is 0. The minimum absolute atomic E-state index is 0.261. The van der Waals surface area contributed by atoms with Crippen molar-refractivity contribution in [3.05, 3.63) is 62.8 Å². The van der Waals surface area contributed by atoms with Crippen molar-refractivity contribution in [1.29, 1.82) is 0 Å². The molecule has 0 aliphatic carbocycles. The van der Waals surface area contributed by atoms with Gasteiger partial charge in [0.2, 0.25) is 0 Å². The van der Waals surface area contributed by atoms with E-state index in [-0.39, 0.29) is 5.91 Å². The second kappa shape index (κ2) is 9.42. The second-order valence-electron chi connectivity index (χ2n) is 5.03. The Bertz CT molecular complexity index is 726. The smallest absolute Gasteiger partial charge is 0.262 e. The third-order valence-electron chi connectivity index (χ3n) is 3.07. The number of amides is 1. The minimum atomic E-state index is -0.261. The fraction of sp³-hybridized carbons (Fsp3) is 0.176. The molecule has 2 rings (SSSR count). The molecule has 2 aromatic rings. The van der Waals surface area contributed by atoms with E-state index in [1.165, 1.54) is 11.0 Å². The Morgan fingerprint density at radius 2 is 1.96 bits per heavy atom. The van der Waals surface area contributed by atoms with Crippen molar-refractivity contribution < 1.29 is 4.79 Å². The first-order valence-corrected chi connectivity index (χ1v) is 8.96. The van der Waals surface area contributed by atoms with Gasteiger partial charge in [0.15, 0.2) is 5.11 Å². The van der Waals surface area contributed by atoms with Crippen LogP contribution in [0.4, 0.5) is 0 Å². The van der Waals surface area contributed by atoms with Crippen LogP contribution >= 0.6 is 35.2 Å². The van der Waals surface area contributed by atoms with Gasteiger partial charge in [-0.15, -0.1) is 11.3 Å². The lowest BCUT2D eigenvalue weighted by molar-refractivity contribution is -0.116.